The zero-order valence-electron chi connectivity index (χ0n) is 16.8. The lowest BCUT2D eigenvalue weighted by Gasteiger charge is -2.21. The molecule has 154 valence electrons. The van der Waals surface area contributed by atoms with E-state index in [0.29, 0.717) is 5.92 Å². The van der Waals surface area contributed by atoms with Crippen LogP contribution in [0.1, 0.15) is 42.9 Å². The fourth-order valence-electron chi connectivity index (χ4n) is 4.80. The highest BCUT2D eigenvalue weighted by Gasteiger charge is 2.51. The number of nitrogens with one attached hydrogen (secondary N) is 3. The molecule has 6 rings (SSSR count). The van der Waals surface area contributed by atoms with Crippen LogP contribution in [0.5, 0.6) is 11.5 Å². The van der Waals surface area contributed by atoms with Gasteiger partial charge in [0.1, 0.15) is 0 Å². The Bertz CT molecular complexity index is 1130. The van der Waals surface area contributed by atoms with Gasteiger partial charge in [-0.1, -0.05) is 6.07 Å². The van der Waals surface area contributed by atoms with Gasteiger partial charge in [-0.2, -0.15) is 0 Å². The molecule has 3 N–H and O–H groups in total. The Morgan fingerprint density at radius 2 is 1.83 bits per heavy atom. The molecule has 2 aromatic carbocycles. The Morgan fingerprint density at radius 3 is 2.67 bits per heavy atom. The third-order valence-electron chi connectivity index (χ3n) is 6.79. The number of aromatic nitrogens is 1. The first-order valence-electron chi connectivity index (χ1n) is 10.8. The molecular formula is C24H25N3O3. The number of piperidine rings is 1. The highest BCUT2D eigenvalue weighted by molar-refractivity contribution is 6.02. The smallest absolute Gasteiger partial charge is 0.235 e. The number of aromatic amines is 1. The van der Waals surface area contributed by atoms with E-state index < -0.39 is 5.41 Å². The van der Waals surface area contributed by atoms with Crippen molar-refractivity contribution in [3.05, 3.63) is 53.7 Å². The monoisotopic (exact) mass is 403 g/mol. The second kappa shape index (κ2) is 6.77. The number of anilines is 1. The predicted octanol–water partition coefficient (Wildman–Crippen LogP) is 4.03. The Kier molecular flexibility index (Phi) is 4.03. The van der Waals surface area contributed by atoms with Crippen LogP contribution in [-0.4, -0.2) is 30.8 Å². The molecular weight excluding hydrogens is 378 g/mol. The van der Waals surface area contributed by atoms with E-state index in [-0.39, 0.29) is 12.7 Å². The number of ether oxygens (including phenoxy) is 2. The summed E-state index contributed by atoms with van der Waals surface area (Å²) in [6.07, 6.45) is 4.03. The fraction of sp³-hybridized carbons (Fsp3) is 0.375. The molecule has 1 saturated carbocycles. The third-order valence-corrected chi connectivity index (χ3v) is 6.79. The molecule has 0 unspecified atom stereocenters. The second-order valence-corrected chi connectivity index (χ2v) is 8.66. The van der Waals surface area contributed by atoms with Crippen LogP contribution in [0.3, 0.4) is 0 Å². The third kappa shape index (κ3) is 2.94. The van der Waals surface area contributed by atoms with Gasteiger partial charge in [0.25, 0.3) is 0 Å². The second-order valence-electron chi connectivity index (χ2n) is 8.66. The van der Waals surface area contributed by atoms with Gasteiger partial charge in [-0.05, 0) is 80.7 Å². The summed E-state index contributed by atoms with van der Waals surface area (Å²) in [5, 5.41) is 7.72. The lowest BCUT2D eigenvalue weighted by atomic mass is 9.94. The van der Waals surface area contributed by atoms with E-state index in [4.69, 9.17) is 9.47 Å². The average Bonchev–Trinajstić information content (AvgIpc) is 3.27. The van der Waals surface area contributed by atoms with E-state index in [1.165, 1.54) is 5.69 Å². The molecule has 1 aliphatic carbocycles. The molecule has 3 aliphatic rings. The van der Waals surface area contributed by atoms with Crippen LogP contribution in [0, 0.1) is 0 Å². The van der Waals surface area contributed by atoms with Crippen molar-refractivity contribution in [2.75, 3.05) is 25.2 Å². The van der Waals surface area contributed by atoms with Crippen LogP contribution in [0.15, 0.2) is 42.5 Å². The molecule has 0 radical (unpaired) electrons. The Balaban J connectivity index is 1.23. The summed E-state index contributed by atoms with van der Waals surface area (Å²) in [6, 6.07) is 14.2. The Morgan fingerprint density at radius 1 is 1.00 bits per heavy atom. The summed E-state index contributed by atoms with van der Waals surface area (Å²) in [7, 11) is 0. The number of carbonyl (C=O) groups is 1. The number of rotatable bonds is 4. The van der Waals surface area contributed by atoms with Gasteiger partial charge < -0.3 is 25.1 Å². The summed E-state index contributed by atoms with van der Waals surface area (Å²) < 4.78 is 10.9. The van der Waals surface area contributed by atoms with Crippen molar-refractivity contribution in [2.45, 2.75) is 37.0 Å². The van der Waals surface area contributed by atoms with Gasteiger partial charge in [-0.25, -0.2) is 0 Å². The number of H-pyrrole nitrogens is 1. The molecule has 3 heterocycles. The molecule has 0 bridgehead atoms. The van der Waals surface area contributed by atoms with E-state index in [0.717, 1.165) is 72.4 Å². The lowest BCUT2D eigenvalue weighted by Crippen LogP contribution is -2.27. The molecule has 1 aromatic heterocycles. The number of amides is 1. The van der Waals surface area contributed by atoms with Crippen molar-refractivity contribution in [1.82, 2.24) is 10.3 Å². The maximum atomic E-state index is 13.2. The SMILES string of the molecule is O=C(Nc1ccc2[nH]c(C3CCNCC3)cc2c1)C1(c2ccc3c(c2)OCO3)CC1. The van der Waals surface area contributed by atoms with Crippen molar-refractivity contribution < 1.29 is 14.3 Å². The zero-order valence-corrected chi connectivity index (χ0v) is 16.8. The zero-order chi connectivity index (χ0) is 20.1. The number of carbonyl (C=O) groups excluding carboxylic acids is 1. The van der Waals surface area contributed by atoms with Crippen LogP contribution < -0.4 is 20.1 Å². The molecule has 1 saturated heterocycles. The van der Waals surface area contributed by atoms with Gasteiger partial charge in [0, 0.05) is 28.2 Å². The molecule has 6 nitrogen and oxygen atoms in total. The number of fused-ring (bicyclic) bond motifs is 2. The van der Waals surface area contributed by atoms with Crippen LogP contribution in [0.2, 0.25) is 0 Å². The van der Waals surface area contributed by atoms with Gasteiger partial charge in [0.15, 0.2) is 11.5 Å². The van der Waals surface area contributed by atoms with E-state index in [1.807, 2.05) is 24.3 Å². The summed E-state index contributed by atoms with van der Waals surface area (Å²) in [5.74, 6) is 2.11. The maximum Gasteiger partial charge on any atom is 0.235 e. The van der Waals surface area contributed by atoms with Gasteiger partial charge in [0.2, 0.25) is 12.7 Å². The predicted molar refractivity (Wildman–Crippen MR) is 115 cm³/mol. The molecule has 2 fully saturated rings. The van der Waals surface area contributed by atoms with Gasteiger partial charge >= 0.3 is 0 Å². The van der Waals surface area contributed by atoms with Crippen molar-refractivity contribution >= 4 is 22.5 Å². The van der Waals surface area contributed by atoms with Crippen LogP contribution in [-0.2, 0) is 10.2 Å². The topological polar surface area (TPSA) is 75.4 Å². The first kappa shape index (κ1) is 17.8. The number of hydrogen-bond acceptors (Lipinski definition) is 4. The van der Waals surface area contributed by atoms with Gasteiger partial charge in [-0.3, -0.25) is 4.79 Å². The highest BCUT2D eigenvalue weighted by Crippen LogP contribution is 2.51. The Hall–Kier alpha value is -2.99. The van der Waals surface area contributed by atoms with Crippen molar-refractivity contribution in [3.63, 3.8) is 0 Å². The lowest BCUT2D eigenvalue weighted by molar-refractivity contribution is -0.118. The molecule has 30 heavy (non-hydrogen) atoms. The summed E-state index contributed by atoms with van der Waals surface area (Å²) in [5.41, 5.74) is 3.80. The summed E-state index contributed by atoms with van der Waals surface area (Å²) in [6.45, 7) is 2.39. The van der Waals surface area contributed by atoms with Gasteiger partial charge in [-0.15, -0.1) is 0 Å². The quantitative estimate of drug-likeness (QED) is 0.615. The highest BCUT2D eigenvalue weighted by atomic mass is 16.7. The molecule has 0 spiro atoms. The largest absolute Gasteiger partial charge is 0.454 e. The van der Waals surface area contributed by atoms with Crippen LogP contribution in [0.4, 0.5) is 5.69 Å². The fourth-order valence-corrected chi connectivity index (χ4v) is 4.80. The molecule has 1 amide bonds. The first-order chi connectivity index (χ1) is 14.7. The van der Waals surface area contributed by atoms with E-state index in [9.17, 15) is 4.79 Å². The summed E-state index contributed by atoms with van der Waals surface area (Å²) in [4.78, 5) is 16.8. The standard InChI is InChI=1S/C24H25N3O3/c28-23(24(7-8-24)17-1-4-21-22(13-17)30-14-29-21)26-18-2-3-19-16(11-18)12-20(27-19)15-5-9-25-10-6-15/h1-4,11-13,15,25,27H,5-10,14H2,(H,26,28). The van der Waals surface area contributed by atoms with Gasteiger partial charge in [0.05, 0.1) is 5.41 Å². The minimum Gasteiger partial charge on any atom is -0.454 e. The summed E-state index contributed by atoms with van der Waals surface area (Å²) >= 11 is 0. The maximum absolute atomic E-state index is 13.2. The average molecular weight is 403 g/mol. The van der Waals surface area contributed by atoms with E-state index in [2.05, 4.69) is 33.8 Å². The minimum absolute atomic E-state index is 0.0508. The normalized spacial score (nSPS) is 19.7. The van der Waals surface area contributed by atoms with Crippen molar-refractivity contribution in [1.29, 1.82) is 0 Å². The number of hydrogen-bond donors (Lipinski definition) is 3. The molecule has 0 atom stereocenters. The number of benzene rings is 2. The van der Waals surface area contributed by atoms with Crippen molar-refractivity contribution in [3.8, 4) is 11.5 Å². The molecule has 6 heteroatoms. The Labute approximate surface area is 174 Å². The molecule has 2 aliphatic heterocycles. The van der Waals surface area contributed by atoms with Crippen LogP contribution in [0.25, 0.3) is 10.9 Å². The molecule has 3 aromatic rings. The van der Waals surface area contributed by atoms with E-state index >= 15 is 0 Å². The first-order valence-corrected chi connectivity index (χ1v) is 10.8. The van der Waals surface area contributed by atoms with Crippen LogP contribution >= 0.6 is 0 Å². The van der Waals surface area contributed by atoms with Crippen molar-refractivity contribution in [2.24, 2.45) is 0 Å². The van der Waals surface area contributed by atoms with E-state index in [1.54, 1.807) is 0 Å². The minimum atomic E-state index is -0.464.